The normalized spacial score (nSPS) is 11.6. The smallest absolute Gasteiger partial charge is 0.136 e. The van der Waals surface area contributed by atoms with E-state index in [9.17, 15) is 0 Å². The lowest BCUT2D eigenvalue weighted by Crippen LogP contribution is -1.92. The lowest BCUT2D eigenvalue weighted by atomic mass is 9.87. The van der Waals surface area contributed by atoms with E-state index in [1.54, 1.807) is 0 Å². The van der Waals surface area contributed by atoms with E-state index in [1.165, 1.54) is 38.2 Å². The third-order valence-corrected chi connectivity index (χ3v) is 7.73. The van der Waals surface area contributed by atoms with Gasteiger partial charge in [0.05, 0.1) is 5.69 Å². The number of fused-ring (bicyclic) bond motifs is 5. The number of hydrogen-bond donors (Lipinski definition) is 0. The van der Waals surface area contributed by atoms with Crippen molar-refractivity contribution in [1.29, 1.82) is 0 Å². The summed E-state index contributed by atoms with van der Waals surface area (Å²) in [6.45, 7) is 0. The molecule has 0 spiro atoms. The van der Waals surface area contributed by atoms with E-state index in [0.29, 0.717) is 0 Å². The lowest BCUT2D eigenvalue weighted by molar-refractivity contribution is 0.669. The highest BCUT2D eigenvalue weighted by molar-refractivity contribution is 6.21. The molecule has 0 aliphatic heterocycles. The first-order valence-electron chi connectivity index (χ1n) is 13.2. The Morgan fingerprint density at radius 2 is 0.949 bits per heavy atom. The van der Waals surface area contributed by atoms with E-state index in [-0.39, 0.29) is 0 Å². The van der Waals surface area contributed by atoms with E-state index < -0.39 is 0 Å². The molecule has 2 heterocycles. The monoisotopic (exact) mass is 497 g/mol. The zero-order valence-electron chi connectivity index (χ0n) is 21.1. The molecule has 0 radical (unpaired) electrons. The van der Waals surface area contributed by atoms with Crippen LogP contribution in [0.3, 0.4) is 0 Å². The maximum atomic E-state index is 6.13. The van der Waals surface area contributed by atoms with Gasteiger partial charge in [-0.1, -0.05) is 109 Å². The maximum Gasteiger partial charge on any atom is 0.136 e. The standard InChI is InChI=1S/C37H23NO/c1-2-10-24(11-3-1)36-29-13-4-6-15-31(29)37(32-16-7-5-14-30(32)36)33-21-19-26(23-38-33)25-18-20-28-27-12-8-9-17-34(27)39-35(28)22-25/h1-23H. The highest BCUT2D eigenvalue weighted by Gasteiger charge is 2.17. The van der Waals surface area contributed by atoms with Gasteiger partial charge in [0.15, 0.2) is 0 Å². The van der Waals surface area contributed by atoms with Gasteiger partial charge in [-0.2, -0.15) is 0 Å². The molecule has 0 bridgehead atoms. The number of aromatic nitrogens is 1. The van der Waals surface area contributed by atoms with Crippen LogP contribution in [0, 0.1) is 0 Å². The van der Waals surface area contributed by atoms with Crippen LogP contribution >= 0.6 is 0 Å². The first-order valence-corrected chi connectivity index (χ1v) is 13.2. The molecule has 0 saturated heterocycles. The van der Waals surface area contributed by atoms with Crippen molar-refractivity contribution in [3.8, 4) is 33.5 Å². The van der Waals surface area contributed by atoms with Crippen LogP contribution in [0.5, 0.6) is 0 Å². The Labute approximate surface area is 225 Å². The summed E-state index contributed by atoms with van der Waals surface area (Å²) in [6.07, 6.45) is 1.98. The highest BCUT2D eigenvalue weighted by Crippen LogP contribution is 2.43. The Kier molecular flexibility index (Phi) is 4.86. The Morgan fingerprint density at radius 3 is 1.62 bits per heavy atom. The topological polar surface area (TPSA) is 26.0 Å². The van der Waals surface area contributed by atoms with E-state index in [0.717, 1.165) is 38.8 Å². The molecule has 8 aromatic rings. The van der Waals surface area contributed by atoms with E-state index in [4.69, 9.17) is 9.40 Å². The quantitative estimate of drug-likeness (QED) is 0.227. The molecule has 39 heavy (non-hydrogen) atoms. The van der Waals surface area contributed by atoms with Crippen LogP contribution in [0.15, 0.2) is 144 Å². The van der Waals surface area contributed by atoms with Crippen LogP contribution < -0.4 is 0 Å². The van der Waals surface area contributed by atoms with Crippen molar-refractivity contribution in [2.45, 2.75) is 0 Å². The van der Waals surface area contributed by atoms with Gasteiger partial charge in [-0.25, -0.2) is 0 Å². The van der Waals surface area contributed by atoms with Gasteiger partial charge < -0.3 is 4.42 Å². The average molecular weight is 498 g/mol. The Morgan fingerprint density at radius 1 is 0.385 bits per heavy atom. The molecule has 0 N–H and O–H groups in total. The first kappa shape index (κ1) is 21.8. The van der Waals surface area contributed by atoms with Crippen LogP contribution in [-0.2, 0) is 0 Å². The number of benzene rings is 6. The predicted molar refractivity (Wildman–Crippen MR) is 163 cm³/mol. The number of para-hydroxylation sites is 1. The molecule has 6 aromatic carbocycles. The molecule has 0 saturated carbocycles. The summed E-state index contributed by atoms with van der Waals surface area (Å²) < 4.78 is 6.13. The number of rotatable bonds is 3. The molecule has 8 rings (SSSR count). The van der Waals surface area contributed by atoms with Crippen LogP contribution in [0.2, 0.25) is 0 Å². The maximum absolute atomic E-state index is 6.13. The van der Waals surface area contributed by atoms with Crippen LogP contribution in [0.25, 0.3) is 77.0 Å². The Hall–Kier alpha value is -5.21. The molecule has 2 nitrogen and oxygen atoms in total. The molecule has 0 fully saturated rings. The van der Waals surface area contributed by atoms with E-state index in [1.807, 2.05) is 24.4 Å². The average Bonchev–Trinajstić information content (AvgIpc) is 3.38. The number of furan rings is 1. The molecule has 0 aliphatic carbocycles. The number of nitrogens with zero attached hydrogens (tertiary/aromatic N) is 1. The Balaban J connectivity index is 1.30. The summed E-state index contributed by atoms with van der Waals surface area (Å²) in [5, 5.41) is 7.16. The van der Waals surface area contributed by atoms with Gasteiger partial charge in [0, 0.05) is 28.1 Å². The minimum atomic E-state index is 0.895. The van der Waals surface area contributed by atoms with Crippen LogP contribution in [0.4, 0.5) is 0 Å². The molecular formula is C37H23NO. The van der Waals surface area contributed by atoms with Crippen molar-refractivity contribution in [1.82, 2.24) is 4.98 Å². The SMILES string of the molecule is c1ccc(-c2c3ccccc3c(-c3ccc(-c4ccc5c(c4)oc4ccccc45)cn3)c3ccccc23)cc1. The zero-order valence-corrected chi connectivity index (χ0v) is 21.1. The van der Waals surface area contributed by atoms with Crippen molar-refractivity contribution in [2.75, 3.05) is 0 Å². The summed E-state index contributed by atoms with van der Waals surface area (Å²) in [4.78, 5) is 5.02. The fourth-order valence-corrected chi connectivity index (χ4v) is 5.94. The minimum absolute atomic E-state index is 0.895. The molecule has 0 aliphatic rings. The number of hydrogen-bond acceptors (Lipinski definition) is 2. The van der Waals surface area contributed by atoms with Gasteiger partial charge in [-0.3, -0.25) is 4.98 Å². The van der Waals surface area contributed by atoms with Crippen LogP contribution in [0.1, 0.15) is 0 Å². The third-order valence-electron chi connectivity index (χ3n) is 7.73. The van der Waals surface area contributed by atoms with Crippen LogP contribution in [-0.4, -0.2) is 4.98 Å². The second kappa shape index (κ2) is 8.68. The minimum Gasteiger partial charge on any atom is -0.456 e. The summed E-state index contributed by atoms with van der Waals surface area (Å²) >= 11 is 0. The molecular weight excluding hydrogens is 474 g/mol. The second-order valence-electron chi connectivity index (χ2n) is 9.95. The summed E-state index contributed by atoms with van der Waals surface area (Å²) in [5.41, 5.74) is 8.59. The van der Waals surface area contributed by atoms with Gasteiger partial charge in [0.1, 0.15) is 11.2 Å². The summed E-state index contributed by atoms with van der Waals surface area (Å²) in [7, 11) is 0. The Bertz CT molecular complexity index is 2100. The second-order valence-corrected chi connectivity index (χ2v) is 9.95. The van der Waals surface area contributed by atoms with Gasteiger partial charge >= 0.3 is 0 Å². The third kappa shape index (κ3) is 3.46. The molecule has 182 valence electrons. The van der Waals surface area contributed by atoms with E-state index >= 15 is 0 Å². The highest BCUT2D eigenvalue weighted by atomic mass is 16.3. The summed E-state index contributed by atoms with van der Waals surface area (Å²) in [5.74, 6) is 0. The molecule has 0 amide bonds. The lowest BCUT2D eigenvalue weighted by Gasteiger charge is -2.17. The van der Waals surface area contributed by atoms with Gasteiger partial charge in [0.25, 0.3) is 0 Å². The van der Waals surface area contributed by atoms with Gasteiger partial charge in [-0.15, -0.1) is 0 Å². The van der Waals surface area contributed by atoms with Gasteiger partial charge in [0.2, 0.25) is 0 Å². The molecule has 2 heteroatoms. The molecule has 0 atom stereocenters. The zero-order chi connectivity index (χ0) is 25.8. The van der Waals surface area contributed by atoms with Crippen molar-refractivity contribution >= 4 is 43.5 Å². The van der Waals surface area contributed by atoms with Crippen molar-refractivity contribution in [3.63, 3.8) is 0 Å². The molecule has 2 aromatic heterocycles. The van der Waals surface area contributed by atoms with Crippen molar-refractivity contribution in [3.05, 3.63) is 140 Å². The van der Waals surface area contributed by atoms with E-state index in [2.05, 4.69) is 115 Å². The van der Waals surface area contributed by atoms with Gasteiger partial charge in [-0.05, 0) is 62.5 Å². The fraction of sp³-hybridized carbons (Fsp3) is 0. The fourth-order valence-electron chi connectivity index (χ4n) is 5.94. The van der Waals surface area contributed by atoms with Crippen molar-refractivity contribution in [2.24, 2.45) is 0 Å². The number of pyridine rings is 1. The summed E-state index contributed by atoms with van der Waals surface area (Å²) in [6, 6.07) is 47.0. The predicted octanol–water partition coefficient (Wildman–Crippen LogP) is 10.3. The molecule has 0 unspecified atom stereocenters. The first-order chi connectivity index (χ1) is 19.3. The largest absolute Gasteiger partial charge is 0.456 e. The van der Waals surface area contributed by atoms with Crippen molar-refractivity contribution < 1.29 is 4.42 Å².